The number of benzene rings is 2. The van der Waals surface area contributed by atoms with Crippen LogP contribution in [0.3, 0.4) is 0 Å². The van der Waals surface area contributed by atoms with Crippen molar-refractivity contribution in [3.8, 4) is 5.75 Å². The van der Waals surface area contributed by atoms with E-state index in [-0.39, 0.29) is 17.0 Å². The summed E-state index contributed by atoms with van der Waals surface area (Å²) in [5.41, 5.74) is 3.75. The van der Waals surface area contributed by atoms with Gasteiger partial charge in [-0.2, -0.15) is 0 Å². The van der Waals surface area contributed by atoms with E-state index < -0.39 is 0 Å². The van der Waals surface area contributed by atoms with E-state index in [9.17, 15) is 5.11 Å². The van der Waals surface area contributed by atoms with Gasteiger partial charge in [0.1, 0.15) is 5.75 Å². The third kappa shape index (κ3) is 3.65. The molecule has 2 aromatic carbocycles. The number of fused-ring (bicyclic) bond motifs is 1. The van der Waals surface area contributed by atoms with E-state index in [1.54, 1.807) is 6.07 Å². The number of nitrogens with zero attached hydrogens (tertiary/aromatic N) is 1. The third-order valence-electron chi connectivity index (χ3n) is 4.83. The Kier molecular flexibility index (Phi) is 5.27. The summed E-state index contributed by atoms with van der Waals surface area (Å²) in [6, 6.07) is 18.4. The van der Waals surface area contributed by atoms with Crippen LogP contribution in [0, 0.1) is 0 Å². The molecule has 1 unspecified atom stereocenters. The van der Waals surface area contributed by atoms with Crippen molar-refractivity contribution in [3.63, 3.8) is 0 Å². The van der Waals surface area contributed by atoms with Crippen LogP contribution in [0.1, 0.15) is 30.0 Å². The minimum atomic E-state index is 0. The number of nitrogens with one attached hydrogen (secondary N) is 1. The van der Waals surface area contributed by atoms with Gasteiger partial charge in [-0.15, -0.1) is 17.0 Å². The fraction of sp³-hybridized carbons (Fsp3) is 0.300. The summed E-state index contributed by atoms with van der Waals surface area (Å²) >= 11 is 0. The van der Waals surface area contributed by atoms with Gasteiger partial charge in [0.05, 0.1) is 0 Å². The molecule has 0 radical (unpaired) electrons. The van der Waals surface area contributed by atoms with Crippen molar-refractivity contribution in [3.05, 3.63) is 65.9 Å². The van der Waals surface area contributed by atoms with Gasteiger partial charge in [-0.3, -0.25) is 4.90 Å². The van der Waals surface area contributed by atoms with Crippen molar-refractivity contribution in [2.24, 2.45) is 0 Å². The second-order valence-corrected chi connectivity index (χ2v) is 6.55. The quantitative estimate of drug-likeness (QED) is 0.676. The zero-order chi connectivity index (χ0) is 15.6. The van der Waals surface area contributed by atoms with Crippen molar-refractivity contribution >= 4 is 27.9 Å². The maximum absolute atomic E-state index is 9.71. The minimum absolute atomic E-state index is 0. The third-order valence-corrected chi connectivity index (χ3v) is 4.83. The van der Waals surface area contributed by atoms with Crippen molar-refractivity contribution in [2.45, 2.75) is 25.3 Å². The van der Waals surface area contributed by atoms with Crippen molar-refractivity contribution in [2.75, 3.05) is 13.1 Å². The van der Waals surface area contributed by atoms with Crippen LogP contribution in [0.2, 0.25) is 0 Å². The Balaban J connectivity index is 0.00000169. The number of para-hydroxylation sites is 1. The molecule has 0 saturated carbocycles. The lowest BCUT2D eigenvalue weighted by Gasteiger charge is -2.32. The second kappa shape index (κ2) is 7.41. The monoisotopic (exact) mass is 386 g/mol. The average Bonchev–Trinajstić information content (AvgIpc) is 2.97. The molecular formula is C20H23BrN2O. The number of H-pyrrole nitrogens is 1. The van der Waals surface area contributed by atoms with Gasteiger partial charge in [0.15, 0.2) is 0 Å². The Morgan fingerprint density at radius 2 is 1.96 bits per heavy atom. The molecule has 24 heavy (non-hydrogen) atoms. The SMILES string of the molecule is Br.Oc1cccc(C2CCCN(Cc3cc4ccccc4[nH]3)C2)c1. The molecule has 2 N–H and O–H groups in total. The molecule has 4 heteroatoms. The highest BCUT2D eigenvalue weighted by molar-refractivity contribution is 8.93. The number of hydrogen-bond acceptors (Lipinski definition) is 2. The van der Waals surface area contributed by atoms with Gasteiger partial charge in [-0.25, -0.2) is 0 Å². The van der Waals surface area contributed by atoms with Crippen molar-refractivity contribution in [1.82, 2.24) is 9.88 Å². The van der Waals surface area contributed by atoms with Crippen LogP contribution in [-0.2, 0) is 6.54 Å². The Labute approximate surface area is 153 Å². The first-order valence-electron chi connectivity index (χ1n) is 8.36. The Morgan fingerprint density at radius 1 is 1.08 bits per heavy atom. The minimum Gasteiger partial charge on any atom is -0.508 e. The highest BCUT2D eigenvalue weighted by Gasteiger charge is 2.22. The van der Waals surface area contributed by atoms with E-state index in [4.69, 9.17) is 0 Å². The predicted molar refractivity (Wildman–Crippen MR) is 104 cm³/mol. The number of likely N-dealkylation sites (tertiary alicyclic amines) is 1. The highest BCUT2D eigenvalue weighted by atomic mass is 79.9. The summed E-state index contributed by atoms with van der Waals surface area (Å²) < 4.78 is 0. The molecule has 0 bridgehead atoms. The standard InChI is InChI=1S/C20H22N2O.BrH/c23-19-8-3-6-15(12-19)17-7-4-10-22(13-17)14-18-11-16-5-1-2-9-20(16)21-18;/h1-3,5-6,8-9,11-12,17,21,23H,4,7,10,13-14H2;1H. The van der Waals surface area contributed by atoms with Crippen LogP contribution in [-0.4, -0.2) is 28.1 Å². The summed E-state index contributed by atoms with van der Waals surface area (Å²) in [7, 11) is 0. The molecule has 1 aliphatic rings. The number of halogens is 1. The van der Waals surface area contributed by atoms with Gasteiger partial charge in [0, 0.05) is 24.3 Å². The molecule has 1 aliphatic heterocycles. The molecule has 1 fully saturated rings. The van der Waals surface area contributed by atoms with E-state index in [2.05, 4.69) is 46.3 Å². The number of rotatable bonds is 3. The Hall–Kier alpha value is -1.78. The summed E-state index contributed by atoms with van der Waals surface area (Å²) in [5, 5.41) is 11.0. The van der Waals surface area contributed by atoms with Gasteiger partial charge < -0.3 is 10.1 Å². The predicted octanol–water partition coefficient (Wildman–Crippen LogP) is 4.83. The average molecular weight is 387 g/mol. The van der Waals surface area contributed by atoms with E-state index in [1.165, 1.54) is 35.0 Å². The zero-order valence-electron chi connectivity index (χ0n) is 13.6. The first-order chi connectivity index (χ1) is 11.3. The molecular weight excluding hydrogens is 364 g/mol. The molecule has 1 atom stereocenters. The van der Waals surface area contributed by atoms with Crippen LogP contribution < -0.4 is 0 Å². The summed E-state index contributed by atoms with van der Waals surface area (Å²) in [6.07, 6.45) is 2.41. The van der Waals surface area contributed by atoms with Gasteiger partial charge in [0.25, 0.3) is 0 Å². The van der Waals surface area contributed by atoms with E-state index in [0.29, 0.717) is 11.7 Å². The van der Waals surface area contributed by atoms with Gasteiger partial charge in [-0.05, 0) is 60.5 Å². The number of aromatic amines is 1. The molecule has 0 spiro atoms. The van der Waals surface area contributed by atoms with E-state index >= 15 is 0 Å². The Bertz CT molecular complexity index is 781. The first kappa shape index (κ1) is 17.1. The fourth-order valence-corrected chi connectivity index (χ4v) is 3.71. The fourth-order valence-electron chi connectivity index (χ4n) is 3.71. The normalized spacial score (nSPS) is 18.4. The number of piperidine rings is 1. The van der Waals surface area contributed by atoms with Crippen LogP contribution >= 0.6 is 17.0 Å². The van der Waals surface area contributed by atoms with Crippen LogP contribution in [0.15, 0.2) is 54.6 Å². The lowest BCUT2D eigenvalue weighted by Crippen LogP contribution is -2.33. The molecule has 0 amide bonds. The Morgan fingerprint density at radius 3 is 2.79 bits per heavy atom. The molecule has 126 valence electrons. The molecule has 1 aromatic heterocycles. The maximum Gasteiger partial charge on any atom is 0.115 e. The molecule has 3 aromatic rings. The molecule has 3 nitrogen and oxygen atoms in total. The summed E-state index contributed by atoms with van der Waals surface area (Å²) in [5.74, 6) is 0.885. The molecule has 0 aliphatic carbocycles. The van der Waals surface area contributed by atoms with Crippen LogP contribution in [0.5, 0.6) is 5.75 Å². The van der Waals surface area contributed by atoms with Crippen LogP contribution in [0.25, 0.3) is 10.9 Å². The van der Waals surface area contributed by atoms with Gasteiger partial charge in [-0.1, -0.05) is 30.3 Å². The maximum atomic E-state index is 9.71. The smallest absolute Gasteiger partial charge is 0.115 e. The zero-order valence-corrected chi connectivity index (χ0v) is 15.3. The topological polar surface area (TPSA) is 39.3 Å². The summed E-state index contributed by atoms with van der Waals surface area (Å²) in [6.45, 7) is 3.16. The summed E-state index contributed by atoms with van der Waals surface area (Å²) in [4.78, 5) is 6.04. The van der Waals surface area contributed by atoms with E-state index in [0.717, 1.165) is 19.6 Å². The lowest BCUT2D eigenvalue weighted by atomic mass is 9.90. The van der Waals surface area contributed by atoms with Crippen molar-refractivity contribution < 1.29 is 5.11 Å². The number of aromatic hydroxyl groups is 1. The lowest BCUT2D eigenvalue weighted by molar-refractivity contribution is 0.198. The molecule has 2 heterocycles. The first-order valence-corrected chi connectivity index (χ1v) is 8.36. The van der Waals surface area contributed by atoms with Crippen molar-refractivity contribution in [1.29, 1.82) is 0 Å². The van der Waals surface area contributed by atoms with Gasteiger partial charge >= 0.3 is 0 Å². The second-order valence-electron chi connectivity index (χ2n) is 6.55. The number of phenolic OH excluding ortho intramolecular Hbond substituents is 1. The van der Waals surface area contributed by atoms with Crippen LogP contribution in [0.4, 0.5) is 0 Å². The highest BCUT2D eigenvalue weighted by Crippen LogP contribution is 2.29. The largest absolute Gasteiger partial charge is 0.508 e. The number of hydrogen-bond donors (Lipinski definition) is 2. The van der Waals surface area contributed by atoms with Gasteiger partial charge in [0.2, 0.25) is 0 Å². The molecule has 4 rings (SSSR count). The number of aromatic nitrogens is 1. The van der Waals surface area contributed by atoms with E-state index in [1.807, 2.05) is 12.1 Å². The molecule has 1 saturated heterocycles. The number of phenols is 1.